The molecule has 2 unspecified atom stereocenters. The van der Waals surface area contributed by atoms with Crippen molar-refractivity contribution in [2.45, 2.75) is 10.9 Å². The Labute approximate surface area is 108 Å². The highest BCUT2D eigenvalue weighted by Gasteiger charge is 2.24. The molecule has 1 amide bonds. The average molecular weight is 269 g/mol. The van der Waals surface area contributed by atoms with Gasteiger partial charge in [-0.3, -0.25) is 4.79 Å². The fourth-order valence-electron chi connectivity index (χ4n) is 1.22. The van der Waals surface area contributed by atoms with Crippen LogP contribution in [0.1, 0.15) is 10.4 Å². The first-order valence-electron chi connectivity index (χ1n) is 4.74. The van der Waals surface area contributed by atoms with Crippen molar-refractivity contribution >= 4 is 29.3 Å². The predicted octanol–water partition coefficient (Wildman–Crippen LogP) is 0.549. The molecule has 2 heterocycles. The molecule has 0 aliphatic carbocycles. The summed E-state index contributed by atoms with van der Waals surface area (Å²) in [5, 5.41) is 2.95. The van der Waals surface area contributed by atoms with E-state index in [1.54, 1.807) is 12.1 Å². The average Bonchev–Trinajstić information content (AvgIpc) is 2.77. The zero-order valence-electron chi connectivity index (χ0n) is 8.61. The second-order valence-corrected chi connectivity index (χ2v) is 4.80. The van der Waals surface area contributed by atoms with Gasteiger partial charge in [0.1, 0.15) is 16.0 Å². The molecule has 1 aliphatic rings. The number of carbonyl (C=O) groups is 1. The maximum absolute atomic E-state index is 11.8. The first-order valence-corrected chi connectivity index (χ1v) is 6.06. The van der Waals surface area contributed by atoms with E-state index in [-0.39, 0.29) is 16.8 Å². The van der Waals surface area contributed by atoms with E-state index in [2.05, 4.69) is 27.1 Å². The van der Waals surface area contributed by atoms with Crippen molar-refractivity contribution in [3.05, 3.63) is 29.0 Å². The molecule has 0 radical (unpaired) electrons. The lowest BCUT2D eigenvalue weighted by atomic mass is 10.3. The van der Waals surface area contributed by atoms with E-state index < -0.39 is 0 Å². The van der Waals surface area contributed by atoms with Crippen molar-refractivity contribution in [1.82, 2.24) is 21.2 Å². The van der Waals surface area contributed by atoms with Gasteiger partial charge in [-0.15, -0.1) is 6.42 Å². The lowest BCUT2D eigenvalue weighted by Gasteiger charge is -2.10. The Balaban J connectivity index is 1.94. The molecule has 17 heavy (non-hydrogen) atoms. The van der Waals surface area contributed by atoms with Crippen LogP contribution in [-0.2, 0) is 0 Å². The van der Waals surface area contributed by atoms with E-state index in [4.69, 9.17) is 18.0 Å². The minimum absolute atomic E-state index is 0.149. The Bertz CT molecular complexity index is 458. The summed E-state index contributed by atoms with van der Waals surface area (Å²) in [6.07, 6.45) is 6.66. The Morgan fingerprint density at radius 1 is 1.59 bits per heavy atom. The molecule has 1 aromatic rings. The topological polar surface area (TPSA) is 66.0 Å². The highest BCUT2D eigenvalue weighted by Crippen LogP contribution is 2.16. The number of pyridine rings is 1. The summed E-state index contributed by atoms with van der Waals surface area (Å²) in [7, 11) is 0. The summed E-state index contributed by atoms with van der Waals surface area (Å²) in [5.74, 6) is 2.29. The van der Waals surface area contributed by atoms with Gasteiger partial charge < -0.3 is 5.32 Å². The molecule has 88 valence electrons. The molecule has 0 spiro atoms. The van der Waals surface area contributed by atoms with Crippen molar-refractivity contribution in [2.75, 3.05) is 0 Å². The van der Waals surface area contributed by atoms with Gasteiger partial charge in [0.05, 0.1) is 5.56 Å². The van der Waals surface area contributed by atoms with Crippen molar-refractivity contribution in [2.24, 2.45) is 0 Å². The van der Waals surface area contributed by atoms with Gasteiger partial charge in [0.2, 0.25) is 0 Å². The third-order valence-corrected chi connectivity index (χ3v) is 3.28. The summed E-state index contributed by atoms with van der Waals surface area (Å²) in [5.41, 5.74) is 5.89. The molecule has 0 saturated carbocycles. The number of nitrogens with one attached hydrogen (secondary N) is 3. The van der Waals surface area contributed by atoms with Gasteiger partial charge in [0, 0.05) is 6.20 Å². The number of nitrogens with zero attached hydrogens (tertiary/aromatic N) is 1. The molecule has 7 heteroatoms. The number of carbonyl (C=O) groups excluding carboxylic acids is 1. The third-order valence-electron chi connectivity index (χ3n) is 2.02. The van der Waals surface area contributed by atoms with Crippen LogP contribution < -0.4 is 16.2 Å². The number of amides is 1. The van der Waals surface area contributed by atoms with Gasteiger partial charge in [-0.1, -0.05) is 29.3 Å². The molecule has 1 aliphatic heterocycles. The molecule has 1 saturated heterocycles. The molecule has 1 fully saturated rings. The number of aromatic nitrogens is 1. The van der Waals surface area contributed by atoms with E-state index in [0.717, 1.165) is 0 Å². The fourth-order valence-corrected chi connectivity index (χ4v) is 2.13. The Morgan fingerprint density at radius 3 is 3.00 bits per heavy atom. The normalized spacial score (nSPS) is 23.1. The number of hydrogen-bond acceptors (Lipinski definition) is 5. The van der Waals surface area contributed by atoms with Crippen LogP contribution in [0.3, 0.4) is 0 Å². The van der Waals surface area contributed by atoms with Crippen LogP contribution in [0, 0.1) is 12.3 Å². The zero-order chi connectivity index (χ0) is 12.3. The summed E-state index contributed by atoms with van der Waals surface area (Å²) in [4.78, 5) is 15.6. The lowest BCUT2D eigenvalue weighted by Crippen LogP contribution is -2.43. The second-order valence-electron chi connectivity index (χ2n) is 3.19. The van der Waals surface area contributed by atoms with E-state index in [0.29, 0.717) is 10.7 Å². The molecule has 1 aromatic heterocycles. The fraction of sp³-hybridized carbons (Fsp3) is 0.200. The summed E-state index contributed by atoms with van der Waals surface area (Å²) < 4.78 is 0. The molecule has 0 aromatic carbocycles. The molecular formula is C10H9ClN4OS. The summed E-state index contributed by atoms with van der Waals surface area (Å²) in [6.45, 7) is 0. The number of hydrazine groups is 1. The summed E-state index contributed by atoms with van der Waals surface area (Å²) in [6, 6.07) is 3.17. The second kappa shape index (κ2) is 5.38. The maximum Gasteiger partial charge on any atom is 0.254 e. The first-order chi connectivity index (χ1) is 8.19. The number of halogens is 1. The van der Waals surface area contributed by atoms with E-state index in [1.807, 2.05) is 0 Å². The lowest BCUT2D eigenvalue weighted by molar-refractivity contribution is 0.0944. The number of rotatable bonds is 2. The molecule has 3 N–H and O–H groups in total. The first kappa shape index (κ1) is 12.2. The Morgan fingerprint density at radius 2 is 2.41 bits per heavy atom. The van der Waals surface area contributed by atoms with Gasteiger partial charge in [-0.2, -0.15) is 0 Å². The van der Waals surface area contributed by atoms with Gasteiger partial charge in [0.15, 0.2) is 0 Å². The monoisotopic (exact) mass is 268 g/mol. The van der Waals surface area contributed by atoms with Crippen LogP contribution in [0.25, 0.3) is 0 Å². The van der Waals surface area contributed by atoms with Crippen LogP contribution in [0.5, 0.6) is 0 Å². The van der Waals surface area contributed by atoms with Crippen LogP contribution in [0.4, 0.5) is 0 Å². The molecule has 2 rings (SSSR count). The third kappa shape index (κ3) is 3.11. The van der Waals surface area contributed by atoms with Gasteiger partial charge >= 0.3 is 0 Å². The van der Waals surface area contributed by atoms with E-state index in [1.165, 1.54) is 18.0 Å². The number of thioether (sulfide) groups is 1. The van der Waals surface area contributed by atoms with E-state index in [9.17, 15) is 4.79 Å². The largest absolute Gasteiger partial charge is 0.327 e. The van der Waals surface area contributed by atoms with Crippen molar-refractivity contribution in [3.63, 3.8) is 0 Å². The smallest absolute Gasteiger partial charge is 0.254 e. The van der Waals surface area contributed by atoms with Crippen molar-refractivity contribution in [3.8, 4) is 12.3 Å². The van der Waals surface area contributed by atoms with Crippen LogP contribution in [0.15, 0.2) is 18.3 Å². The highest BCUT2D eigenvalue weighted by atomic mass is 35.5. The molecule has 5 nitrogen and oxygen atoms in total. The number of terminal acetylenes is 1. The molecule has 0 bridgehead atoms. The SMILES string of the molecule is C#CC1NNC(NC(=O)c2ccc(Cl)nc2)S1. The number of hydrogen-bond donors (Lipinski definition) is 3. The van der Waals surface area contributed by atoms with E-state index >= 15 is 0 Å². The van der Waals surface area contributed by atoms with Crippen molar-refractivity contribution in [1.29, 1.82) is 0 Å². The van der Waals surface area contributed by atoms with Gasteiger partial charge in [-0.05, 0) is 12.1 Å². The van der Waals surface area contributed by atoms with Crippen LogP contribution in [-0.4, -0.2) is 21.8 Å². The minimum atomic E-state index is -0.265. The predicted molar refractivity (Wildman–Crippen MR) is 67.0 cm³/mol. The Kier molecular flexibility index (Phi) is 3.86. The quantitative estimate of drug-likeness (QED) is 0.540. The molecular weight excluding hydrogens is 260 g/mol. The molecule has 2 atom stereocenters. The van der Waals surface area contributed by atoms with Gasteiger partial charge in [0.25, 0.3) is 5.91 Å². The maximum atomic E-state index is 11.8. The van der Waals surface area contributed by atoms with Crippen LogP contribution in [0.2, 0.25) is 5.15 Å². The Hall–Kier alpha value is -1.26. The van der Waals surface area contributed by atoms with Crippen LogP contribution >= 0.6 is 23.4 Å². The highest BCUT2D eigenvalue weighted by molar-refractivity contribution is 8.00. The standard InChI is InChI=1S/C10H9ClN4OS/c1-2-8-14-15-10(17-8)13-9(16)6-3-4-7(11)12-5-6/h1,3-5,8,10,14-15H,(H,13,16). The minimum Gasteiger partial charge on any atom is -0.327 e. The van der Waals surface area contributed by atoms with Gasteiger partial charge in [-0.25, -0.2) is 15.8 Å². The zero-order valence-corrected chi connectivity index (χ0v) is 10.2. The summed E-state index contributed by atoms with van der Waals surface area (Å²) >= 11 is 7.03. The van der Waals surface area contributed by atoms with Crippen molar-refractivity contribution < 1.29 is 4.79 Å².